The first-order chi connectivity index (χ1) is 34.6. The van der Waals surface area contributed by atoms with Crippen LogP contribution in [0.3, 0.4) is 0 Å². The molecule has 4 unspecified atom stereocenters. The van der Waals surface area contributed by atoms with Gasteiger partial charge in [-0.2, -0.15) is 5.26 Å². The van der Waals surface area contributed by atoms with Gasteiger partial charge in [0.15, 0.2) is 6.19 Å². The van der Waals surface area contributed by atoms with E-state index in [2.05, 4.69) is 31.4 Å². The van der Waals surface area contributed by atoms with Crippen LogP contribution in [0.1, 0.15) is 92.9 Å². The quantitative estimate of drug-likeness (QED) is 0.107. The van der Waals surface area contributed by atoms with Gasteiger partial charge in [-0.15, -0.1) is 0 Å². The highest BCUT2D eigenvalue weighted by molar-refractivity contribution is 6.30. The van der Waals surface area contributed by atoms with E-state index in [1.807, 2.05) is 47.6 Å². The topological polar surface area (TPSA) is 302 Å². The average molecular weight is 1030 g/mol. The molecule has 73 heavy (non-hydrogen) atoms. The summed E-state index contributed by atoms with van der Waals surface area (Å²) in [7, 11) is 0. The van der Waals surface area contributed by atoms with Crippen LogP contribution in [-0.4, -0.2) is 140 Å². The lowest BCUT2D eigenvalue weighted by molar-refractivity contribution is 0.00383. The number of hydrogen-bond donors (Lipinski definition) is 6. The Morgan fingerprint density at radius 3 is 1.47 bits per heavy atom. The summed E-state index contributed by atoms with van der Waals surface area (Å²) in [5, 5.41) is 22.1. The molecule has 4 aromatic heterocycles. The highest BCUT2D eigenvalue weighted by atomic mass is 35.5. The van der Waals surface area contributed by atoms with Crippen LogP contribution in [0.4, 0.5) is 32.9 Å². The summed E-state index contributed by atoms with van der Waals surface area (Å²) in [5.74, 6) is 4.04. The first kappa shape index (κ1) is 58.8. The van der Waals surface area contributed by atoms with Crippen molar-refractivity contribution in [1.82, 2.24) is 40.0 Å². The number of aliphatic hydroxyl groups is 1. The molecule has 0 saturated carbocycles. The number of nitrogens with zero attached hydrogens (tertiary/aromatic N) is 8. The lowest BCUT2D eigenvalue weighted by Crippen LogP contribution is -2.46. The third kappa shape index (κ3) is 24.5. The number of nitrogens with one attached hydrogen (secondary N) is 1. The summed E-state index contributed by atoms with van der Waals surface area (Å²) in [6.07, 6.45) is 15.6. The van der Waals surface area contributed by atoms with Gasteiger partial charge >= 0.3 is 12.2 Å². The van der Waals surface area contributed by atoms with Crippen LogP contribution in [-0.2, 0) is 9.47 Å². The van der Waals surface area contributed by atoms with Crippen molar-refractivity contribution in [1.29, 1.82) is 5.26 Å². The van der Waals surface area contributed by atoms with Gasteiger partial charge in [0, 0.05) is 80.7 Å². The minimum Gasteiger partial charge on any atom is -0.489 e. The van der Waals surface area contributed by atoms with Crippen molar-refractivity contribution in [2.24, 2.45) is 0 Å². The Hall–Kier alpha value is -6.76. The second-order valence-corrected chi connectivity index (χ2v) is 20.1. The molecular weight excluding hydrogens is 958 g/mol. The van der Waals surface area contributed by atoms with Crippen LogP contribution in [0.5, 0.6) is 17.2 Å². The van der Waals surface area contributed by atoms with E-state index in [0.29, 0.717) is 66.8 Å². The third-order valence-electron chi connectivity index (χ3n) is 10.8. The Morgan fingerprint density at radius 2 is 1.05 bits per heavy atom. The van der Waals surface area contributed by atoms with Crippen molar-refractivity contribution < 1.29 is 38.4 Å². The van der Waals surface area contributed by atoms with Crippen molar-refractivity contribution >= 4 is 47.1 Å². The number of nitrogen functional groups attached to an aromatic ring is 4. The molecule has 4 saturated heterocycles. The van der Waals surface area contributed by atoms with Gasteiger partial charge in [0.2, 0.25) is 0 Å². The van der Waals surface area contributed by atoms with E-state index in [1.165, 1.54) is 6.42 Å². The highest BCUT2D eigenvalue weighted by Gasteiger charge is 2.29. The number of pyridine rings is 4. The number of β-amino-alcohol motifs (C(OH)–C–C–N with tert-alkyl or cyclic N) is 1. The molecule has 8 heterocycles. The number of carbonyl (C=O) groups excluding carboxylic acids is 2. The van der Waals surface area contributed by atoms with Crippen LogP contribution < -0.4 is 42.5 Å². The van der Waals surface area contributed by atoms with Crippen LogP contribution in [0.2, 0.25) is 5.02 Å². The van der Waals surface area contributed by atoms with Gasteiger partial charge in [0.05, 0.1) is 19.2 Å². The van der Waals surface area contributed by atoms with E-state index in [9.17, 15) is 14.7 Å². The molecule has 8 rings (SSSR count). The largest absolute Gasteiger partial charge is 0.489 e. The smallest absolute Gasteiger partial charge is 0.410 e. The Kier molecular flexibility index (Phi) is 23.9. The number of halogens is 1. The standard InChI is InChI=1S/C15H23N3O3.C11H14N4O.C10H15N3O.C10H19NO3.C5H5ClN2/c1-15(2,3)21-14(19)18-8-4-5-12(10-18)20-11-6-7-17-13(16)9-11;12-8-15-5-1-2-10(7-15)16-9-3-4-14-11(13)6-9;11-10-6-8(3-5-13-10)14-9-2-1-4-12-7-9;1-10(2,3)14-9(13)11-6-4-5-8(12)7-11;6-4-1-2-8-5(7)3-4/h6-7,9,12H,4-5,8,10H2,1-3H3,(H2,16,17);3-4,6,10H,1-2,5,7H2,(H2,13,14);3,5-6,9,12H,1-2,4,7H2,(H2,11,13);8,12H,4-7H2,1-3H3;1-3H,(H2,7,8). The predicted octanol–water partition coefficient (Wildman–Crippen LogP) is 6.92. The molecule has 4 aliphatic heterocycles. The Bertz CT molecular complexity index is 2310. The molecule has 10 N–H and O–H groups in total. The number of nitriles is 1. The fraction of sp³-hybridized carbons (Fsp3) is 0.549. The molecule has 4 aromatic rings. The molecule has 0 radical (unpaired) electrons. The van der Waals surface area contributed by atoms with Gasteiger partial charge in [-0.05, 0) is 130 Å². The number of piperidine rings is 4. The van der Waals surface area contributed by atoms with E-state index < -0.39 is 17.3 Å². The van der Waals surface area contributed by atoms with Crippen molar-refractivity contribution in [3.63, 3.8) is 0 Å². The van der Waals surface area contributed by atoms with E-state index in [1.54, 1.807) is 82.0 Å². The minimum atomic E-state index is -0.482. The summed E-state index contributed by atoms with van der Waals surface area (Å²) in [6.45, 7) is 16.9. The van der Waals surface area contributed by atoms with Crippen LogP contribution in [0.25, 0.3) is 0 Å². The van der Waals surface area contributed by atoms with Gasteiger partial charge in [-0.1, -0.05) is 11.6 Å². The maximum Gasteiger partial charge on any atom is 0.410 e. The normalized spacial score (nSPS) is 19.6. The van der Waals surface area contributed by atoms with Crippen molar-refractivity contribution in [3.05, 3.63) is 78.3 Å². The molecule has 4 atom stereocenters. The van der Waals surface area contributed by atoms with E-state index in [-0.39, 0.29) is 30.5 Å². The van der Waals surface area contributed by atoms with E-state index >= 15 is 0 Å². The Balaban J connectivity index is 0.000000203. The van der Waals surface area contributed by atoms with E-state index in [0.717, 1.165) is 76.1 Å². The molecule has 2 amide bonds. The first-order valence-electron chi connectivity index (χ1n) is 24.6. The zero-order valence-corrected chi connectivity index (χ0v) is 43.9. The minimum absolute atomic E-state index is 0.0481. The zero-order chi connectivity index (χ0) is 53.4. The maximum absolute atomic E-state index is 12.1. The molecule has 0 bridgehead atoms. The second-order valence-electron chi connectivity index (χ2n) is 19.7. The van der Waals surface area contributed by atoms with Crippen molar-refractivity contribution in [2.45, 2.75) is 129 Å². The number of likely N-dealkylation sites (tertiary alicyclic amines) is 3. The fourth-order valence-corrected chi connectivity index (χ4v) is 7.69. The molecule has 4 fully saturated rings. The molecule has 4 aliphatic rings. The fourth-order valence-electron chi connectivity index (χ4n) is 7.52. The Labute approximate surface area is 434 Å². The number of amides is 2. The third-order valence-corrected chi connectivity index (χ3v) is 11.0. The molecule has 22 heteroatoms. The van der Waals surface area contributed by atoms with Gasteiger partial charge in [-0.25, -0.2) is 29.5 Å². The predicted molar refractivity (Wildman–Crippen MR) is 281 cm³/mol. The number of hydrogen-bond acceptors (Lipinski definition) is 19. The summed E-state index contributed by atoms with van der Waals surface area (Å²) in [5.41, 5.74) is 21.1. The number of nitrogens with two attached hydrogens (primary N) is 4. The van der Waals surface area contributed by atoms with Crippen molar-refractivity contribution in [2.75, 3.05) is 75.3 Å². The SMILES string of the molecule is CC(C)(C)OC(=O)N1CCCC(O)C1.CC(C)(C)OC(=O)N1CCCC(Oc2ccnc(N)c2)C1.N#CN1CCCC(Oc2ccnc(N)c2)C1.Nc1cc(Cl)ccn1.Nc1cc(OC2CCCNC2)ccn1. The van der Waals surface area contributed by atoms with Crippen LogP contribution in [0.15, 0.2) is 73.3 Å². The molecule has 21 nitrogen and oxygen atoms in total. The number of aliphatic hydroxyl groups excluding tert-OH is 1. The number of carbonyl (C=O) groups is 2. The monoisotopic (exact) mass is 1030 g/mol. The molecule has 0 spiro atoms. The lowest BCUT2D eigenvalue weighted by atomic mass is 10.1. The summed E-state index contributed by atoms with van der Waals surface area (Å²) in [4.78, 5) is 44.1. The molecule has 400 valence electrons. The number of rotatable bonds is 6. The van der Waals surface area contributed by atoms with Crippen LogP contribution in [0, 0.1) is 11.5 Å². The molecule has 0 aromatic carbocycles. The van der Waals surface area contributed by atoms with Gasteiger partial charge < -0.3 is 71.7 Å². The average Bonchev–Trinajstić information content (AvgIpc) is 3.32. The number of ether oxygens (including phenoxy) is 5. The summed E-state index contributed by atoms with van der Waals surface area (Å²) < 4.78 is 28.0. The highest BCUT2D eigenvalue weighted by Crippen LogP contribution is 2.23. The second kappa shape index (κ2) is 29.7. The summed E-state index contributed by atoms with van der Waals surface area (Å²) in [6, 6.07) is 13.8. The maximum atomic E-state index is 12.1. The lowest BCUT2D eigenvalue weighted by Gasteiger charge is -2.34. The molecular formula is C51H76ClN13O8. The zero-order valence-electron chi connectivity index (χ0n) is 43.1. The number of aromatic nitrogens is 4. The molecule has 0 aliphatic carbocycles. The first-order valence-corrected chi connectivity index (χ1v) is 25.0. The van der Waals surface area contributed by atoms with Crippen LogP contribution >= 0.6 is 11.6 Å². The van der Waals surface area contributed by atoms with Crippen molar-refractivity contribution in [3.8, 4) is 23.4 Å². The van der Waals surface area contributed by atoms with Gasteiger partial charge in [0.1, 0.15) is 70.0 Å². The Morgan fingerprint density at radius 1 is 0.630 bits per heavy atom. The number of anilines is 4. The summed E-state index contributed by atoms with van der Waals surface area (Å²) >= 11 is 5.52. The van der Waals surface area contributed by atoms with Gasteiger partial charge in [-0.3, -0.25) is 0 Å². The van der Waals surface area contributed by atoms with Gasteiger partial charge in [0.25, 0.3) is 0 Å². The van der Waals surface area contributed by atoms with E-state index in [4.69, 9.17) is 63.5 Å².